The molecule has 3 heterocycles. The van der Waals surface area contributed by atoms with E-state index in [9.17, 15) is 4.79 Å². The number of aromatic nitrogens is 1. The Balaban J connectivity index is 1.19. The number of benzene rings is 3. The maximum atomic E-state index is 13.3. The van der Waals surface area contributed by atoms with Crippen molar-refractivity contribution in [3.63, 3.8) is 0 Å². The number of thioether (sulfide) groups is 1. The zero-order chi connectivity index (χ0) is 26.1. The molecule has 9 heteroatoms. The van der Waals surface area contributed by atoms with Crippen LogP contribution in [0.5, 0.6) is 17.2 Å². The average Bonchev–Trinajstić information content (AvgIpc) is 3.60. The Morgan fingerprint density at radius 2 is 1.87 bits per heavy atom. The molecule has 0 atom stereocenters. The van der Waals surface area contributed by atoms with Crippen LogP contribution in [0.4, 0.5) is 0 Å². The number of hydrogen-bond acceptors (Lipinski definition) is 6. The molecular weight excluding hydrogens is 584 g/mol. The van der Waals surface area contributed by atoms with E-state index in [-0.39, 0.29) is 12.7 Å². The monoisotopic (exact) mass is 606 g/mol. The molecular formula is C29H23BrN2O4S2. The van der Waals surface area contributed by atoms with E-state index in [1.54, 1.807) is 4.90 Å². The second-order valence-electron chi connectivity index (χ2n) is 8.87. The Bertz CT molecular complexity index is 1570. The summed E-state index contributed by atoms with van der Waals surface area (Å²) >= 11 is 10.5. The van der Waals surface area contributed by atoms with Gasteiger partial charge in [-0.15, -0.1) is 0 Å². The minimum Gasteiger partial charge on any atom is -0.492 e. The quantitative estimate of drug-likeness (QED) is 0.165. The van der Waals surface area contributed by atoms with Gasteiger partial charge in [0.2, 0.25) is 6.79 Å². The number of thiocarbonyl (C=S) groups is 1. The lowest BCUT2D eigenvalue weighted by Crippen LogP contribution is -2.30. The van der Waals surface area contributed by atoms with Crippen molar-refractivity contribution in [2.75, 3.05) is 19.9 Å². The first-order chi connectivity index (χ1) is 18.5. The van der Waals surface area contributed by atoms with E-state index in [1.807, 2.05) is 48.5 Å². The van der Waals surface area contributed by atoms with Crippen molar-refractivity contribution in [3.05, 3.63) is 93.4 Å². The van der Waals surface area contributed by atoms with Crippen molar-refractivity contribution in [2.45, 2.75) is 13.0 Å². The molecule has 1 saturated heterocycles. The third kappa shape index (κ3) is 5.18. The van der Waals surface area contributed by atoms with Gasteiger partial charge in [0, 0.05) is 39.7 Å². The molecule has 0 spiro atoms. The molecule has 1 amide bonds. The Morgan fingerprint density at radius 3 is 2.74 bits per heavy atom. The lowest BCUT2D eigenvalue weighted by atomic mass is 10.1. The summed E-state index contributed by atoms with van der Waals surface area (Å²) in [6.45, 7) is 1.91. The number of halogens is 1. The van der Waals surface area contributed by atoms with Crippen LogP contribution in [0.1, 0.15) is 11.1 Å². The van der Waals surface area contributed by atoms with Crippen LogP contribution in [0, 0.1) is 0 Å². The Hall–Kier alpha value is -3.27. The summed E-state index contributed by atoms with van der Waals surface area (Å²) in [6.07, 6.45) is 4.78. The number of fused-ring (bicyclic) bond motifs is 2. The highest BCUT2D eigenvalue weighted by Crippen LogP contribution is 2.36. The van der Waals surface area contributed by atoms with Crippen molar-refractivity contribution >= 4 is 67.1 Å². The molecule has 38 heavy (non-hydrogen) atoms. The van der Waals surface area contributed by atoms with Crippen LogP contribution < -0.4 is 14.2 Å². The second-order valence-corrected chi connectivity index (χ2v) is 11.5. The van der Waals surface area contributed by atoms with Gasteiger partial charge in [-0.1, -0.05) is 70.2 Å². The zero-order valence-corrected chi connectivity index (χ0v) is 23.5. The summed E-state index contributed by atoms with van der Waals surface area (Å²) in [7, 11) is 0. The van der Waals surface area contributed by atoms with E-state index in [0.717, 1.165) is 38.9 Å². The summed E-state index contributed by atoms with van der Waals surface area (Å²) in [5, 5.41) is 1.05. The highest BCUT2D eigenvalue weighted by Gasteiger charge is 2.32. The number of amides is 1. The van der Waals surface area contributed by atoms with Crippen LogP contribution in [-0.4, -0.2) is 39.6 Å². The van der Waals surface area contributed by atoms with Gasteiger partial charge >= 0.3 is 0 Å². The number of carbonyl (C=O) groups excluding carboxylic acids is 1. The standard InChI is InChI=1S/C29H23BrN2O4S2/c30-21-6-8-24-23(15-21)20(17-31(24)12-13-34-22-7-9-25-26(16-22)36-18-35-25)14-27-28(33)32(29(37)38-27)11-10-19-4-2-1-3-5-19/h1-9,14-17H,10-13,18H2/b27-14-. The van der Waals surface area contributed by atoms with Gasteiger partial charge in [0.1, 0.15) is 16.7 Å². The van der Waals surface area contributed by atoms with E-state index < -0.39 is 0 Å². The number of hydrogen-bond donors (Lipinski definition) is 0. The highest BCUT2D eigenvalue weighted by molar-refractivity contribution is 9.10. The van der Waals surface area contributed by atoms with Crippen molar-refractivity contribution in [2.24, 2.45) is 0 Å². The van der Waals surface area contributed by atoms with Crippen LogP contribution >= 0.6 is 39.9 Å². The Kier molecular flexibility index (Phi) is 7.14. The normalized spacial score (nSPS) is 15.7. The maximum Gasteiger partial charge on any atom is 0.266 e. The van der Waals surface area contributed by atoms with Crippen LogP contribution in [-0.2, 0) is 17.8 Å². The molecule has 1 aromatic heterocycles. The summed E-state index contributed by atoms with van der Waals surface area (Å²) in [6, 6.07) is 21.9. The van der Waals surface area contributed by atoms with Gasteiger partial charge in [0.15, 0.2) is 11.5 Å². The molecule has 6 rings (SSSR count). The second kappa shape index (κ2) is 10.8. The van der Waals surface area contributed by atoms with Crippen LogP contribution in [0.3, 0.4) is 0 Å². The van der Waals surface area contributed by atoms with E-state index >= 15 is 0 Å². The third-order valence-electron chi connectivity index (χ3n) is 6.45. The lowest BCUT2D eigenvalue weighted by molar-refractivity contribution is -0.122. The molecule has 2 aliphatic heterocycles. The first-order valence-electron chi connectivity index (χ1n) is 12.2. The molecule has 0 saturated carbocycles. The van der Waals surface area contributed by atoms with E-state index in [2.05, 4.69) is 51.0 Å². The lowest BCUT2D eigenvalue weighted by Gasteiger charge is -2.14. The SMILES string of the molecule is O=C1/C(=C/c2cn(CCOc3ccc4c(c3)OCO4)c3ccc(Br)cc23)SC(=S)N1CCc1ccccc1. The van der Waals surface area contributed by atoms with Gasteiger partial charge < -0.3 is 18.8 Å². The molecule has 2 aliphatic rings. The van der Waals surface area contributed by atoms with E-state index in [1.165, 1.54) is 17.3 Å². The highest BCUT2D eigenvalue weighted by atomic mass is 79.9. The fraction of sp³-hybridized carbons (Fsp3) is 0.172. The fourth-order valence-corrected chi connectivity index (χ4v) is 6.21. The van der Waals surface area contributed by atoms with Gasteiger partial charge in [-0.3, -0.25) is 9.69 Å². The fourth-order valence-electron chi connectivity index (χ4n) is 4.55. The van der Waals surface area contributed by atoms with Crippen molar-refractivity contribution < 1.29 is 19.0 Å². The predicted molar refractivity (Wildman–Crippen MR) is 158 cm³/mol. The first kappa shape index (κ1) is 25.0. The molecule has 0 radical (unpaired) electrons. The number of carbonyl (C=O) groups is 1. The van der Waals surface area contributed by atoms with Gasteiger partial charge in [0.05, 0.1) is 11.4 Å². The minimum absolute atomic E-state index is 0.0435. The number of ether oxygens (including phenoxy) is 3. The Labute approximate surface area is 238 Å². The first-order valence-corrected chi connectivity index (χ1v) is 14.2. The van der Waals surface area contributed by atoms with Crippen LogP contribution in [0.15, 0.2) is 82.3 Å². The molecule has 0 bridgehead atoms. The van der Waals surface area contributed by atoms with E-state index in [4.69, 9.17) is 26.4 Å². The van der Waals surface area contributed by atoms with Crippen molar-refractivity contribution in [1.29, 1.82) is 0 Å². The average molecular weight is 608 g/mol. The van der Waals surface area contributed by atoms with Crippen molar-refractivity contribution in [1.82, 2.24) is 9.47 Å². The molecule has 1 fully saturated rings. The topological polar surface area (TPSA) is 52.9 Å². The minimum atomic E-state index is -0.0435. The zero-order valence-electron chi connectivity index (χ0n) is 20.3. The van der Waals surface area contributed by atoms with Gasteiger partial charge in [-0.2, -0.15) is 0 Å². The molecule has 6 nitrogen and oxygen atoms in total. The summed E-state index contributed by atoms with van der Waals surface area (Å²) in [5.41, 5.74) is 3.21. The summed E-state index contributed by atoms with van der Waals surface area (Å²) in [4.78, 5) is 15.6. The number of nitrogens with zero attached hydrogens (tertiary/aromatic N) is 2. The summed E-state index contributed by atoms with van der Waals surface area (Å²) < 4.78 is 20.5. The Morgan fingerprint density at radius 1 is 1.03 bits per heavy atom. The molecule has 0 unspecified atom stereocenters. The van der Waals surface area contributed by atoms with E-state index in [0.29, 0.717) is 34.7 Å². The third-order valence-corrected chi connectivity index (χ3v) is 8.32. The van der Waals surface area contributed by atoms with Crippen molar-refractivity contribution in [3.8, 4) is 17.2 Å². The van der Waals surface area contributed by atoms with Crippen LogP contribution in [0.25, 0.3) is 17.0 Å². The molecule has 192 valence electrons. The summed E-state index contributed by atoms with van der Waals surface area (Å²) in [5.74, 6) is 2.11. The predicted octanol–water partition coefficient (Wildman–Crippen LogP) is 6.66. The van der Waals surface area contributed by atoms with Gasteiger partial charge in [-0.05, 0) is 48.4 Å². The van der Waals surface area contributed by atoms with Gasteiger partial charge in [0.25, 0.3) is 5.91 Å². The number of rotatable bonds is 8. The molecule has 4 aromatic rings. The molecule has 0 aliphatic carbocycles. The molecule has 3 aromatic carbocycles. The van der Waals surface area contributed by atoms with Crippen LogP contribution in [0.2, 0.25) is 0 Å². The van der Waals surface area contributed by atoms with Gasteiger partial charge in [-0.25, -0.2) is 0 Å². The maximum absolute atomic E-state index is 13.3. The molecule has 0 N–H and O–H groups in total. The largest absolute Gasteiger partial charge is 0.492 e. The smallest absolute Gasteiger partial charge is 0.266 e.